The summed E-state index contributed by atoms with van der Waals surface area (Å²) in [6.07, 6.45) is 0.988. The van der Waals surface area contributed by atoms with Crippen LogP contribution in [0.4, 0.5) is 4.39 Å². The predicted octanol–water partition coefficient (Wildman–Crippen LogP) is 3.82. The first-order valence-corrected chi connectivity index (χ1v) is 6.04. The Morgan fingerprint density at radius 1 is 1.26 bits per heavy atom. The molecule has 1 N–H and O–H groups in total. The molecule has 2 rings (SSSR count). The normalized spacial score (nSPS) is 10.5. The van der Waals surface area contributed by atoms with Crippen LogP contribution < -0.4 is 0 Å². The highest BCUT2D eigenvalue weighted by atomic mass is 35.5. The highest BCUT2D eigenvalue weighted by Crippen LogP contribution is 2.30. The molecule has 6 heteroatoms. The quantitative estimate of drug-likeness (QED) is 0.877. The summed E-state index contributed by atoms with van der Waals surface area (Å²) in [5.41, 5.74) is 1.49. The minimum absolute atomic E-state index is 0.297. The summed E-state index contributed by atoms with van der Waals surface area (Å²) in [6, 6.07) is 5.96. The van der Waals surface area contributed by atoms with Crippen LogP contribution in [0.5, 0.6) is 0 Å². The molecule has 19 heavy (non-hydrogen) atoms. The van der Waals surface area contributed by atoms with Crippen molar-refractivity contribution in [1.29, 1.82) is 0 Å². The van der Waals surface area contributed by atoms with Crippen LogP contribution in [-0.4, -0.2) is 16.1 Å². The van der Waals surface area contributed by atoms with Crippen LogP contribution in [0.25, 0.3) is 11.1 Å². The van der Waals surface area contributed by atoms with E-state index in [-0.39, 0.29) is 6.42 Å². The number of pyridine rings is 1. The topological polar surface area (TPSA) is 50.2 Å². The first kappa shape index (κ1) is 13.8. The Balaban J connectivity index is 2.54. The largest absolute Gasteiger partial charge is 0.481 e. The summed E-state index contributed by atoms with van der Waals surface area (Å²) in [5.74, 6) is -1.77. The fourth-order valence-corrected chi connectivity index (χ4v) is 2.00. The number of carboxylic acid groups (broad SMARTS) is 1. The maximum atomic E-state index is 13.1. The van der Waals surface area contributed by atoms with E-state index in [1.54, 1.807) is 18.2 Å². The summed E-state index contributed by atoms with van der Waals surface area (Å²) in [6.45, 7) is 0. The molecular weight excluding hydrogens is 292 g/mol. The Morgan fingerprint density at radius 3 is 2.63 bits per heavy atom. The fraction of sp³-hybridized carbons (Fsp3) is 0.0769. The fourth-order valence-electron chi connectivity index (χ4n) is 1.70. The van der Waals surface area contributed by atoms with Crippen LogP contribution in [-0.2, 0) is 11.2 Å². The highest BCUT2D eigenvalue weighted by molar-refractivity contribution is 6.42. The molecule has 1 aromatic heterocycles. The van der Waals surface area contributed by atoms with Crippen LogP contribution in [0.15, 0.2) is 30.5 Å². The highest BCUT2D eigenvalue weighted by Gasteiger charge is 2.12. The summed E-state index contributed by atoms with van der Waals surface area (Å²) >= 11 is 11.7. The smallest absolute Gasteiger partial charge is 0.307 e. The van der Waals surface area contributed by atoms with Crippen molar-refractivity contribution in [3.63, 3.8) is 0 Å². The van der Waals surface area contributed by atoms with Gasteiger partial charge in [-0.3, -0.25) is 4.79 Å². The SMILES string of the molecule is O=C(O)Cc1cc(F)ncc1-c1ccc(Cl)c(Cl)c1. The van der Waals surface area contributed by atoms with E-state index < -0.39 is 11.9 Å². The van der Waals surface area contributed by atoms with Gasteiger partial charge in [0.25, 0.3) is 0 Å². The lowest BCUT2D eigenvalue weighted by Gasteiger charge is -2.08. The summed E-state index contributed by atoms with van der Waals surface area (Å²) in [5, 5.41) is 9.56. The molecule has 0 radical (unpaired) electrons. The Hall–Kier alpha value is -1.65. The molecule has 0 aliphatic carbocycles. The van der Waals surface area contributed by atoms with E-state index in [2.05, 4.69) is 4.98 Å². The van der Waals surface area contributed by atoms with Crippen molar-refractivity contribution in [2.24, 2.45) is 0 Å². The Bertz CT molecular complexity index is 647. The van der Waals surface area contributed by atoms with Gasteiger partial charge in [-0.1, -0.05) is 29.3 Å². The van der Waals surface area contributed by atoms with Gasteiger partial charge in [0, 0.05) is 11.8 Å². The minimum atomic E-state index is -1.05. The molecule has 0 fully saturated rings. The van der Waals surface area contributed by atoms with Crippen LogP contribution in [0.3, 0.4) is 0 Å². The Labute approximate surface area is 118 Å². The number of halogens is 3. The molecule has 1 aromatic carbocycles. The van der Waals surface area contributed by atoms with Gasteiger partial charge in [-0.25, -0.2) is 4.98 Å². The van der Waals surface area contributed by atoms with E-state index in [0.29, 0.717) is 26.7 Å². The number of hydrogen-bond acceptors (Lipinski definition) is 2. The summed E-state index contributed by atoms with van der Waals surface area (Å²) in [4.78, 5) is 14.3. The summed E-state index contributed by atoms with van der Waals surface area (Å²) < 4.78 is 13.1. The van der Waals surface area contributed by atoms with Gasteiger partial charge in [-0.2, -0.15) is 4.39 Å². The lowest BCUT2D eigenvalue weighted by Crippen LogP contribution is -2.03. The number of rotatable bonds is 3. The van der Waals surface area contributed by atoms with Crippen molar-refractivity contribution in [1.82, 2.24) is 4.98 Å². The molecule has 2 aromatic rings. The van der Waals surface area contributed by atoms with Crippen LogP contribution >= 0.6 is 23.2 Å². The van der Waals surface area contributed by atoms with Gasteiger partial charge >= 0.3 is 5.97 Å². The van der Waals surface area contributed by atoms with Crippen LogP contribution in [0.1, 0.15) is 5.56 Å². The van der Waals surface area contributed by atoms with E-state index in [0.717, 1.165) is 6.07 Å². The van der Waals surface area contributed by atoms with Gasteiger partial charge in [0.05, 0.1) is 16.5 Å². The lowest BCUT2D eigenvalue weighted by molar-refractivity contribution is -0.136. The number of aromatic nitrogens is 1. The third-order valence-electron chi connectivity index (χ3n) is 2.53. The zero-order chi connectivity index (χ0) is 14.0. The zero-order valence-corrected chi connectivity index (χ0v) is 11.0. The van der Waals surface area contributed by atoms with Gasteiger partial charge in [-0.15, -0.1) is 0 Å². The van der Waals surface area contributed by atoms with Crippen molar-refractivity contribution >= 4 is 29.2 Å². The second kappa shape index (κ2) is 5.55. The van der Waals surface area contributed by atoms with E-state index in [1.807, 2.05) is 0 Å². The molecule has 1 heterocycles. The van der Waals surface area contributed by atoms with Gasteiger partial charge in [-0.05, 0) is 29.3 Å². The molecule has 0 saturated carbocycles. The monoisotopic (exact) mass is 299 g/mol. The lowest BCUT2D eigenvalue weighted by atomic mass is 10.00. The van der Waals surface area contributed by atoms with Crippen molar-refractivity contribution in [2.45, 2.75) is 6.42 Å². The average molecular weight is 300 g/mol. The number of carboxylic acids is 1. The Morgan fingerprint density at radius 2 is 2.00 bits per heavy atom. The van der Waals surface area contributed by atoms with Crippen molar-refractivity contribution in [3.05, 3.63) is 52.0 Å². The molecule has 0 bridgehead atoms. The van der Waals surface area contributed by atoms with Crippen molar-refractivity contribution in [3.8, 4) is 11.1 Å². The molecule has 0 spiro atoms. The van der Waals surface area contributed by atoms with Gasteiger partial charge in [0.1, 0.15) is 0 Å². The molecule has 0 aliphatic heterocycles. The van der Waals surface area contributed by atoms with E-state index >= 15 is 0 Å². The second-order valence-corrected chi connectivity index (χ2v) is 4.68. The van der Waals surface area contributed by atoms with E-state index in [1.165, 1.54) is 6.20 Å². The van der Waals surface area contributed by atoms with Crippen LogP contribution in [0, 0.1) is 5.95 Å². The molecule has 0 atom stereocenters. The maximum Gasteiger partial charge on any atom is 0.307 e. The molecule has 3 nitrogen and oxygen atoms in total. The van der Waals surface area contributed by atoms with Gasteiger partial charge < -0.3 is 5.11 Å². The molecule has 0 aliphatic rings. The van der Waals surface area contributed by atoms with Crippen molar-refractivity contribution in [2.75, 3.05) is 0 Å². The number of hydrogen-bond donors (Lipinski definition) is 1. The molecule has 0 amide bonds. The number of nitrogens with zero attached hydrogens (tertiary/aromatic N) is 1. The zero-order valence-electron chi connectivity index (χ0n) is 9.53. The first-order chi connectivity index (χ1) is 8.97. The predicted molar refractivity (Wildman–Crippen MR) is 71.0 cm³/mol. The standard InChI is InChI=1S/C13H8Cl2FNO2/c14-10-2-1-7(3-11(10)15)9-6-17-12(16)4-8(9)5-13(18)19/h1-4,6H,5H2,(H,18,19). The first-order valence-electron chi connectivity index (χ1n) is 5.29. The number of aliphatic carboxylic acids is 1. The molecule has 0 unspecified atom stereocenters. The van der Waals surface area contributed by atoms with E-state index in [9.17, 15) is 9.18 Å². The van der Waals surface area contributed by atoms with E-state index in [4.69, 9.17) is 28.3 Å². The Kier molecular flexibility index (Phi) is 4.02. The number of carbonyl (C=O) groups is 1. The van der Waals surface area contributed by atoms with Crippen LogP contribution in [0.2, 0.25) is 10.0 Å². The van der Waals surface area contributed by atoms with Gasteiger partial charge in [0.15, 0.2) is 0 Å². The number of benzene rings is 1. The molecule has 98 valence electrons. The summed E-state index contributed by atoms with van der Waals surface area (Å²) in [7, 11) is 0. The third-order valence-corrected chi connectivity index (χ3v) is 3.27. The minimum Gasteiger partial charge on any atom is -0.481 e. The maximum absolute atomic E-state index is 13.1. The molecule has 0 saturated heterocycles. The third kappa shape index (κ3) is 3.22. The van der Waals surface area contributed by atoms with Crippen molar-refractivity contribution < 1.29 is 14.3 Å². The van der Waals surface area contributed by atoms with Gasteiger partial charge in [0.2, 0.25) is 5.95 Å². The average Bonchev–Trinajstić information content (AvgIpc) is 2.32. The second-order valence-electron chi connectivity index (χ2n) is 3.86. The molecular formula is C13H8Cl2FNO2.